The van der Waals surface area contributed by atoms with Crippen molar-refractivity contribution in [3.05, 3.63) is 21.3 Å². The monoisotopic (exact) mass is 230 g/mol. The van der Waals surface area contributed by atoms with Gasteiger partial charge in [0.2, 0.25) is 0 Å². The summed E-state index contributed by atoms with van der Waals surface area (Å²) in [6.07, 6.45) is 0. The van der Waals surface area contributed by atoms with Gasteiger partial charge in [-0.3, -0.25) is 4.90 Å². The van der Waals surface area contributed by atoms with Crippen molar-refractivity contribution in [1.82, 2.24) is 10.2 Å². The molecule has 0 spiro atoms. The summed E-state index contributed by atoms with van der Waals surface area (Å²) in [7, 11) is 0. The molecule has 1 saturated heterocycles. The second-order valence-electron chi connectivity index (χ2n) is 3.84. The van der Waals surface area contributed by atoms with Gasteiger partial charge in [0.15, 0.2) is 0 Å². The van der Waals surface area contributed by atoms with Crippen LogP contribution < -0.4 is 5.32 Å². The topological polar surface area (TPSA) is 15.3 Å². The molecule has 0 amide bonds. The van der Waals surface area contributed by atoms with Crippen LogP contribution in [0.4, 0.5) is 0 Å². The van der Waals surface area contributed by atoms with Gasteiger partial charge in [-0.05, 0) is 17.9 Å². The second kappa shape index (κ2) is 4.62. The lowest BCUT2D eigenvalue weighted by Crippen LogP contribution is -2.48. The van der Waals surface area contributed by atoms with Gasteiger partial charge < -0.3 is 5.32 Å². The summed E-state index contributed by atoms with van der Waals surface area (Å²) in [5, 5.41) is 8.50. The molecule has 0 unspecified atom stereocenters. The van der Waals surface area contributed by atoms with E-state index in [2.05, 4.69) is 22.5 Å². The Kier molecular flexibility index (Phi) is 3.44. The average Bonchev–Trinajstić information content (AvgIpc) is 2.52. The number of nitrogens with one attached hydrogen (secondary N) is 1. The zero-order chi connectivity index (χ0) is 9.97. The van der Waals surface area contributed by atoms with Crippen LogP contribution in [0.1, 0.15) is 12.5 Å². The van der Waals surface area contributed by atoms with Crippen LogP contribution in [0, 0.1) is 0 Å². The molecule has 2 heterocycles. The predicted octanol–water partition coefficient (Wildman–Crippen LogP) is 2.20. The zero-order valence-corrected chi connectivity index (χ0v) is 9.87. The van der Waals surface area contributed by atoms with Crippen molar-refractivity contribution >= 4 is 22.9 Å². The number of rotatable bonds is 2. The van der Waals surface area contributed by atoms with Gasteiger partial charge in [-0.1, -0.05) is 11.6 Å². The summed E-state index contributed by atoms with van der Waals surface area (Å²) in [4.78, 5) is 2.45. The van der Waals surface area contributed by atoms with Gasteiger partial charge in [-0.25, -0.2) is 0 Å². The SMILES string of the molecule is C[C@H]1CN(Cc2cscc2Cl)CCN1. The second-order valence-corrected chi connectivity index (χ2v) is 4.99. The van der Waals surface area contributed by atoms with Crippen molar-refractivity contribution < 1.29 is 0 Å². The Morgan fingerprint density at radius 2 is 2.50 bits per heavy atom. The average molecular weight is 231 g/mol. The summed E-state index contributed by atoms with van der Waals surface area (Å²) in [6.45, 7) is 6.54. The summed E-state index contributed by atoms with van der Waals surface area (Å²) in [5.41, 5.74) is 1.27. The van der Waals surface area contributed by atoms with E-state index in [0.717, 1.165) is 31.2 Å². The molecular weight excluding hydrogens is 216 g/mol. The number of hydrogen-bond acceptors (Lipinski definition) is 3. The van der Waals surface area contributed by atoms with E-state index in [1.165, 1.54) is 5.56 Å². The molecule has 0 aromatic carbocycles. The molecule has 2 rings (SSSR count). The molecule has 0 saturated carbocycles. The van der Waals surface area contributed by atoms with E-state index in [4.69, 9.17) is 11.6 Å². The van der Waals surface area contributed by atoms with Crippen LogP contribution >= 0.6 is 22.9 Å². The van der Waals surface area contributed by atoms with E-state index < -0.39 is 0 Å². The van der Waals surface area contributed by atoms with Gasteiger partial charge in [-0.15, -0.1) is 0 Å². The molecule has 1 fully saturated rings. The maximum Gasteiger partial charge on any atom is 0.0557 e. The molecule has 0 radical (unpaired) electrons. The lowest BCUT2D eigenvalue weighted by molar-refractivity contribution is 0.200. The molecular formula is C10H15ClN2S. The molecule has 1 N–H and O–H groups in total. The molecule has 1 aromatic rings. The summed E-state index contributed by atoms with van der Waals surface area (Å²) in [5.74, 6) is 0. The largest absolute Gasteiger partial charge is 0.312 e. The molecule has 0 bridgehead atoms. The van der Waals surface area contributed by atoms with Gasteiger partial charge in [0.1, 0.15) is 0 Å². The molecule has 78 valence electrons. The maximum absolute atomic E-state index is 6.06. The third kappa shape index (κ3) is 2.48. The van der Waals surface area contributed by atoms with E-state index in [1.807, 2.05) is 5.38 Å². The highest BCUT2D eigenvalue weighted by molar-refractivity contribution is 7.08. The Morgan fingerprint density at radius 3 is 3.14 bits per heavy atom. The highest BCUT2D eigenvalue weighted by atomic mass is 35.5. The fraction of sp³-hybridized carbons (Fsp3) is 0.600. The van der Waals surface area contributed by atoms with E-state index in [-0.39, 0.29) is 0 Å². The molecule has 1 aromatic heterocycles. The van der Waals surface area contributed by atoms with Crippen LogP contribution in [0.3, 0.4) is 0 Å². The van der Waals surface area contributed by atoms with Crippen LogP contribution in [0.25, 0.3) is 0 Å². The smallest absolute Gasteiger partial charge is 0.0557 e. The van der Waals surface area contributed by atoms with Crippen molar-refractivity contribution in [3.8, 4) is 0 Å². The van der Waals surface area contributed by atoms with E-state index in [9.17, 15) is 0 Å². The first-order chi connectivity index (χ1) is 6.75. The number of piperazine rings is 1. The van der Waals surface area contributed by atoms with Crippen molar-refractivity contribution in [3.63, 3.8) is 0 Å². The van der Waals surface area contributed by atoms with E-state index >= 15 is 0 Å². The quantitative estimate of drug-likeness (QED) is 0.838. The van der Waals surface area contributed by atoms with Gasteiger partial charge in [-0.2, -0.15) is 11.3 Å². The van der Waals surface area contributed by atoms with Gasteiger partial charge in [0.25, 0.3) is 0 Å². The molecule has 1 atom stereocenters. The van der Waals surface area contributed by atoms with Crippen molar-refractivity contribution in [2.75, 3.05) is 19.6 Å². The number of halogens is 1. The normalized spacial score (nSPS) is 24.0. The van der Waals surface area contributed by atoms with Gasteiger partial charge in [0.05, 0.1) is 5.02 Å². The Morgan fingerprint density at radius 1 is 1.64 bits per heavy atom. The number of nitrogens with zero attached hydrogens (tertiary/aromatic N) is 1. The fourth-order valence-corrected chi connectivity index (χ4v) is 2.86. The van der Waals surface area contributed by atoms with Crippen LogP contribution in [0.5, 0.6) is 0 Å². The third-order valence-corrected chi connectivity index (χ3v) is 3.81. The van der Waals surface area contributed by atoms with Crippen LogP contribution in [0.15, 0.2) is 10.8 Å². The highest BCUT2D eigenvalue weighted by Gasteiger charge is 2.16. The van der Waals surface area contributed by atoms with Crippen molar-refractivity contribution in [2.45, 2.75) is 19.5 Å². The third-order valence-electron chi connectivity index (χ3n) is 2.54. The molecule has 1 aliphatic rings. The van der Waals surface area contributed by atoms with Crippen LogP contribution in [-0.4, -0.2) is 30.6 Å². The van der Waals surface area contributed by atoms with Crippen molar-refractivity contribution in [1.29, 1.82) is 0 Å². The van der Waals surface area contributed by atoms with E-state index in [0.29, 0.717) is 6.04 Å². The highest BCUT2D eigenvalue weighted by Crippen LogP contribution is 2.22. The molecule has 4 heteroatoms. The Labute approximate surface area is 93.9 Å². The Bertz CT molecular complexity index is 300. The Hall–Kier alpha value is -0.0900. The lowest BCUT2D eigenvalue weighted by atomic mass is 10.2. The fourth-order valence-electron chi connectivity index (χ4n) is 1.82. The summed E-state index contributed by atoms with van der Waals surface area (Å²) in [6, 6.07) is 0.598. The van der Waals surface area contributed by atoms with Gasteiger partial charge in [0, 0.05) is 37.6 Å². The van der Waals surface area contributed by atoms with Crippen LogP contribution in [-0.2, 0) is 6.54 Å². The first kappa shape index (κ1) is 10.4. The number of thiophene rings is 1. The maximum atomic E-state index is 6.06. The van der Waals surface area contributed by atoms with Crippen LogP contribution in [0.2, 0.25) is 5.02 Å². The lowest BCUT2D eigenvalue weighted by Gasteiger charge is -2.31. The molecule has 14 heavy (non-hydrogen) atoms. The molecule has 2 nitrogen and oxygen atoms in total. The molecule has 0 aliphatic carbocycles. The van der Waals surface area contributed by atoms with Crippen molar-refractivity contribution in [2.24, 2.45) is 0 Å². The first-order valence-electron chi connectivity index (χ1n) is 4.92. The standard InChI is InChI=1S/C10H15ClN2S/c1-8-4-13(3-2-12-8)5-9-6-14-7-10(9)11/h6-8,12H,2-5H2,1H3/t8-/m0/s1. The minimum absolute atomic E-state index is 0.598. The first-order valence-corrected chi connectivity index (χ1v) is 6.24. The minimum Gasteiger partial charge on any atom is -0.312 e. The summed E-state index contributed by atoms with van der Waals surface area (Å²) >= 11 is 7.74. The minimum atomic E-state index is 0.598. The van der Waals surface area contributed by atoms with E-state index in [1.54, 1.807) is 11.3 Å². The molecule has 1 aliphatic heterocycles. The number of hydrogen-bond donors (Lipinski definition) is 1. The van der Waals surface area contributed by atoms with Gasteiger partial charge >= 0.3 is 0 Å². The Balaban J connectivity index is 1.94. The zero-order valence-electron chi connectivity index (χ0n) is 8.29. The summed E-state index contributed by atoms with van der Waals surface area (Å²) < 4.78 is 0. The predicted molar refractivity (Wildman–Crippen MR) is 62.1 cm³/mol.